The number of methoxy groups -OCH3 is 1. The number of ether oxygens (including phenoxy) is 1. The van der Waals surface area contributed by atoms with Gasteiger partial charge < -0.3 is 10.1 Å². The van der Waals surface area contributed by atoms with Crippen molar-refractivity contribution in [2.75, 3.05) is 7.11 Å². The standard InChI is InChI=1S/C8H14N2O2.ClH/c1-12-8(11)5-7(9)10-6-3-2-4-6;/h6H,2-5H2,1H3,(H2,9,10);1H. The monoisotopic (exact) mass is 206 g/mol. The number of esters is 1. The minimum atomic E-state index is -0.355. The Morgan fingerprint density at radius 1 is 1.62 bits per heavy atom. The van der Waals surface area contributed by atoms with E-state index in [-0.39, 0.29) is 30.6 Å². The molecule has 4 nitrogen and oxygen atoms in total. The van der Waals surface area contributed by atoms with E-state index in [1.165, 1.54) is 13.5 Å². The van der Waals surface area contributed by atoms with Crippen molar-refractivity contribution in [1.82, 2.24) is 5.32 Å². The zero-order chi connectivity index (χ0) is 8.97. The summed E-state index contributed by atoms with van der Waals surface area (Å²) in [7, 11) is 1.33. The third-order valence-corrected chi connectivity index (χ3v) is 2.03. The van der Waals surface area contributed by atoms with Gasteiger partial charge in [0.1, 0.15) is 12.3 Å². The van der Waals surface area contributed by atoms with Crippen LogP contribution in [-0.4, -0.2) is 25.0 Å². The van der Waals surface area contributed by atoms with Crippen LogP contribution in [0.15, 0.2) is 0 Å². The fourth-order valence-electron chi connectivity index (χ4n) is 1.07. The topological polar surface area (TPSA) is 62.2 Å². The number of hydrogen-bond acceptors (Lipinski definition) is 3. The molecule has 0 aromatic heterocycles. The molecule has 1 fully saturated rings. The maximum Gasteiger partial charge on any atom is 0.313 e. The smallest absolute Gasteiger partial charge is 0.313 e. The Bertz CT molecular complexity index is 193. The van der Waals surface area contributed by atoms with Gasteiger partial charge in [-0.1, -0.05) is 0 Å². The molecule has 1 aliphatic rings. The molecule has 2 N–H and O–H groups in total. The third-order valence-electron chi connectivity index (χ3n) is 2.03. The lowest BCUT2D eigenvalue weighted by Crippen LogP contribution is -2.39. The summed E-state index contributed by atoms with van der Waals surface area (Å²) in [6, 6.07) is 0.419. The van der Waals surface area contributed by atoms with Crippen LogP contribution in [0.25, 0.3) is 0 Å². The second-order valence-corrected chi connectivity index (χ2v) is 3.00. The largest absolute Gasteiger partial charge is 0.469 e. The number of halogens is 1. The number of carbonyl (C=O) groups is 1. The summed E-state index contributed by atoms with van der Waals surface area (Å²) in [5.74, 6) is -0.0848. The average molecular weight is 207 g/mol. The summed E-state index contributed by atoms with van der Waals surface area (Å²) in [6.45, 7) is 0. The van der Waals surface area contributed by atoms with Crippen molar-refractivity contribution in [3.8, 4) is 0 Å². The molecule has 5 heteroatoms. The summed E-state index contributed by atoms with van der Waals surface area (Å²) >= 11 is 0. The minimum Gasteiger partial charge on any atom is -0.469 e. The summed E-state index contributed by atoms with van der Waals surface area (Å²) < 4.78 is 4.43. The first-order valence-electron chi connectivity index (χ1n) is 4.13. The molecule has 0 aliphatic heterocycles. The van der Waals surface area contributed by atoms with Gasteiger partial charge >= 0.3 is 5.97 Å². The van der Waals surface area contributed by atoms with E-state index in [4.69, 9.17) is 5.41 Å². The van der Waals surface area contributed by atoms with Crippen LogP contribution in [0.1, 0.15) is 25.7 Å². The van der Waals surface area contributed by atoms with E-state index in [1.54, 1.807) is 0 Å². The first-order chi connectivity index (χ1) is 5.72. The summed E-state index contributed by atoms with van der Waals surface area (Å²) in [4.78, 5) is 10.7. The molecule has 0 bridgehead atoms. The van der Waals surface area contributed by atoms with E-state index in [2.05, 4.69) is 10.1 Å². The Hall–Kier alpha value is -0.770. The van der Waals surface area contributed by atoms with Gasteiger partial charge in [0.15, 0.2) is 0 Å². The molecule has 0 radical (unpaired) electrons. The lowest BCUT2D eigenvalue weighted by Gasteiger charge is -2.27. The van der Waals surface area contributed by atoms with E-state index >= 15 is 0 Å². The second kappa shape index (κ2) is 5.80. The number of nitrogens with one attached hydrogen (secondary N) is 2. The number of amidine groups is 1. The lowest BCUT2D eigenvalue weighted by atomic mass is 9.93. The predicted molar refractivity (Wildman–Crippen MR) is 52.4 cm³/mol. The molecule has 0 amide bonds. The molecule has 1 aliphatic carbocycles. The van der Waals surface area contributed by atoms with E-state index in [1.807, 2.05) is 0 Å². The molecule has 0 aromatic carbocycles. The SMILES string of the molecule is COC(=O)CC(=N)NC1CCC1.Cl. The zero-order valence-electron chi connectivity index (χ0n) is 7.63. The Morgan fingerprint density at radius 2 is 2.23 bits per heavy atom. The molecule has 1 saturated carbocycles. The van der Waals surface area contributed by atoms with Crippen molar-refractivity contribution in [3.63, 3.8) is 0 Å². The molecular weight excluding hydrogens is 192 g/mol. The van der Waals surface area contributed by atoms with Crippen LogP contribution >= 0.6 is 12.4 Å². The van der Waals surface area contributed by atoms with Crippen molar-refractivity contribution >= 4 is 24.2 Å². The quantitative estimate of drug-likeness (QED) is 0.413. The molecule has 76 valence electrons. The number of carbonyl (C=O) groups excluding carboxylic acids is 1. The van der Waals surface area contributed by atoms with Gasteiger partial charge in [0.2, 0.25) is 0 Å². The predicted octanol–water partition coefficient (Wildman–Crippen LogP) is 1.09. The fraction of sp³-hybridized carbons (Fsp3) is 0.750. The van der Waals surface area contributed by atoms with Crippen molar-refractivity contribution in [2.45, 2.75) is 31.7 Å². The maximum atomic E-state index is 10.7. The van der Waals surface area contributed by atoms with Gasteiger partial charge in [0.05, 0.1) is 7.11 Å². The molecular formula is C8H15ClN2O2. The van der Waals surface area contributed by atoms with Crippen LogP contribution in [0.2, 0.25) is 0 Å². The minimum absolute atomic E-state index is 0. The van der Waals surface area contributed by atoms with E-state index in [0.29, 0.717) is 6.04 Å². The van der Waals surface area contributed by atoms with Gasteiger partial charge in [-0.05, 0) is 19.3 Å². The van der Waals surface area contributed by atoms with Crippen LogP contribution in [-0.2, 0) is 9.53 Å². The van der Waals surface area contributed by atoms with Crippen LogP contribution < -0.4 is 5.32 Å². The van der Waals surface area contributed by atoms with E-state index in [9.17, 15) is 4.79 Å². The van der Waals surface area contributed by atoms with E-state index < -0.39 is 0 Å². The van der Waals surface area contributed by atoms with Gasteiger partial charge in [-0.25, -0.2) is 0 Å². The lowest BCUT2D eigenvalue weighted by molar-refractivity contribution is -0.139. The fourth-order valence-corrected chi connectivity index (χ4v) is 1.07. The van der Waals surface area contributed by atoms with Crippen molar-refractivity contribution in [3.05, 3.63) is 0 Å². The summed E-state index contributed by atoms with van der Waals surface area (Å²) in [5.41, 5.74) is 0. The van der Waals surface area contributed by atoms with Gasteiger partial charge in [0.25, 0.3) is 0 Å². The Kier molecular flexibility index (Phi) is 5.46. The Balaban J connectivity index is 0.00000144. The van der Waals surface area contributed by atoms with Gasteiger partial charge in [-0.3, -0.25) is 10.2 Å². The second-order valence-electron chi connectivity index (χ2n) is 3.00. The molecule has 1 rings (SSSR count). The van der Waals surface area contributed by atoms with Crippen molar-refractivity contribution < 1.29 is 9.53 Å². The normalized spacial score (nSPS) is 15.2. The Morgan fingerprint density at radius 3 is 2.62 bits per heavy atom. The molecule has 0 heterocycles. The van der Waals surface area contributed by atoms with Gasteiger partial charge in [0, 0.05) is 6.04 Å². The Labute approximate surface area is 84.0 Å². The van der Waals surface area contributed by atoms with Crippen LogP contribution in [0.4, 0.5) is 0 Å². The number of rotatable bonds is 3. The molecule has 13 heavy (non-hydrogen) atoms. The molecule has 0 unspecified atom stereocenters. The first kappa shape index (κ1) is 12.2. The van der Waals surface area contributed by atoms with Gasteiger partial charge in [-0.15, -0.1) is 12.4 Å². The van der Waals surface area contributed by atoms with Crippen LogP contribution in [0, 0.1) is 5.41 Å². The van der Waals surface area contributed by atoms with E-state index in [0.717, 1.165) is 12.8 Å². The van der Waals surface area contributed by atoms with Crippen molar-refractivity contribution in [1.29, 1.82) is 5.41 Å². The van der Waals surface area contributed by atoms with Gasteiger partial charge in [-0.2, -0.15) is 0 Å². The third kappa shape index (κ3) is 4.12. The van der Waals surface area contributed by atoms with Crippen LogP contribution in [0.3, 0.4) is 0 Å². The van der Waals surface area contributed by atoms with Crippen LogP contribution in [0.5, 0.6) is 0 Å². The highest BCUT2D eigenvalue weighted by molar-refractivity contribution is 5.95. The van der Waals surface area contributed by atoms with Crippen molar-refractivity contribution in [2.24, 2.45) is 0 Å². The summed E-state index contributed by atoms with van der Waals surface area (Å²) in [6.07, 6.45) is 3.52. The number of hydrogen-bond donors (Lipinski definition) is 2. The highest BCUT2D eigenvalue weighted by Gasteiger charge is 2.18. The average Bonchev–Trinajstić information content (AvgIpc) is 1.97. The first-order valence-corrected chi connectivity index (χ1v) is 4.13. The molecule has 0 spiro atoms. The maximum absolute atomic E-state index is 10.7. The highest BCUT2D eigenvalue weighted by Crippen LogP contribution is 2.17. The molecule has 0 aromatic rings. The summed E-state index contributed by atoms with van der Waals surface area (Å²) in [5, 5.41) is 10.3. The highest BCUT2D eigenvalue weighted by atomic mass is 35.5. The zero-order valence-corrected chi connectivity index (χ0v) is 8.45. The molecule has 0 atom stereocenters. The molecule has 0 saturated heterocycles.